The predicted molar refractivity (Wildman–Crippen MR) is 199 cm³/mol. The molecular weight excluding hydrogens is 648 g/mol. The van der Waals surface area contributed by atoms with Gasteiger partial charge in [0.25, 0.3) is 11.7 Å². The van der Waals surface area contributed by atoms with E-state index in [1.54, 1.807) is 14.0 Å². The quantitative estimate of drug-likeness (QED) is 0.0585. The number of amides is 1. The highest BCUT2D eigenvalue weighted by molar-refractivity contribution is 6.39. The van der Waals surface area contributed by atoms with Crippen molar-refractivity contribution in [3.63, 3.8) is 0 Å². The molecule has 1 heterocycles. The number of piperidine rings is 1. The maximum absolute atomic E-state index is 13.1. The smallest absolute Gasteiger partial charge is 0.326 e. The SMILES string of the molecule is COC(CCCCC/C(C)=C/CC(=O)CCCC/C(C)=C/C1CCC(N)C(OC2CC2)C1)C[C@@H](C)C(C)(O)C(=O)C(=O)N1CCCCC1C(=O)O. The molecule has 6 unspecified atom stereocenters. The molecule has 0 aromatic rings. The summed E-state index contributed by atoms with van der Waals surface area (Å²) in [6.07, 6.45) is 21.2. The number of carbonyl (C=O) groups excluding carboxylic acids is 3. The first-order valence-electron chi connectivity index (χ1n) is 19.8. The Bertz CT molecular complexity index is 1210. The van der Waals surface area contributed by atoms with Crippen molar-refractivity contribution in [2.75, 3.05) is 13.7 Å². The van der Waals surface area contributed by atoms with Crippen LogP contribution in [-0.4, -0.2) is 88.2 Å². The molecule has 0 aromatic carbocycles. The first kappa shape index (κ1) is 43.0. The van der Waals surface area contributed by atoms with Crippen molar-refractivity contribution in [2.45, 2.75) is 186 Å². The van der Waals surface area contributed by atoms with Crippen LogP contribution in [-0.2, 0) is 28.7 Å². The Kier molecular flexibility index (Phi) is 18.0. The average Bonchev–Trinajstić information content (AvgIpc) is 3.93. The Labute approximate surface area is 307 Å². The zero-order chi connectivity index (χ0) is 37.6. The molecule has 290 valence electrons. The van der Waals surface area contributed by atoms with E-state index in [9.17, 15) is 29.4 Å². The lowest BCUT2D eigenvalue weighted by Gasteiger charge is -2.36. The standard InChI is InChI=1S/C41H68N2O8/c1-28(18-20-32(44)15-10-9-14-29(2)25-31-19-23-35(42)37(27-31)51-33-21-22-33)13-7-6-8-16-34(50-5)26-30(3)41(4,49)38(45)39(46)43-24-12-11-17-36(43)40(47)48/h18,25,30-31,33-37,49H,6-17,19-24,26-27,42H2,1-5H3,(H,47,48)/b28-18+,29-25+/t30-,31?,34?,35?,36?,37?,41?/m1/s1. The fraction of sp³-hybridized carbons (Fsp3) is 0.805. The molecule has 1 amide bonds. The van der Waals surface area contributed by atoms with E-state index in [1.165, 1.54) is 30.9 Å². The van der Waals surface area contributed by atoms with Gasteiger partial charge in [-0.15, -0.1) is 0 Å². The van der Waals surface area contributed by atoms with E-state index >= 15 is 0 Å². The number of nitrogens with zero attached hydrogens (tertiary/aromatic N) is 1. The second-order valence-electron chi connectivity index (χ2n) is 16.0. The lowest BCUT2D eigenvalue weighted by atomic mass is 9.81. The summed E-state index contributed by atoms with van der Waals surface area (Å²) >= 11 is 0. The molecule has 4 N–H and O–H groups in total. The molecule has 3 rings (SSSR count). The molecule has 1 aliphatic heterocycles. The number of hydrogen-bond donors (Lipinski definition) is 3. The molecule has 0 bridgehead atoms. The summed E-state index contributed by atoms with van der Waals surface area (Å²) < 4.78 is 11.8. The monoisotopic (exact) mass is 716 g/mol. The minimum Gasteiger partial charge on any atom is -0.480 e. The first-order valence-corrected chi connectivity index (χ1v) is 19.8. The number of likely N-dealkylation sites (tertiary alicyclic amines) is 1. The second-order valence-corrected chi connectivity index (χ2v) is 16.0. The van der Waals surface area contributed by atoms with Crippen molar-refractivity contribution >= 4 is 23.4 Å². The van der Waals surface area contributed by atoms with E-state index in [1.807, 2.05) is 0 Å². The van der Waals surface area contributed by atoms with Crippen LogP contribution >= 0.6 is 0 Å². The van der Waals surface area contributed by atoms with Gasteiger partial charge in [0.05, 0.1) is 18.3 Å². The Morgan fingerprint density at radius 3 is 2.31 bits per heavy atom. The minimum absolute atomic E-state index is 0.170. The van der Waals surface area contributed by atoms with Crippen molar-refractivity contribution in [1.29, 1.82) is 0 Å². The molecule has 3 aliphatic rings. The average molecular weight is 717 g/mol. The number of carboxylic acid groups (broad SMARTS) is 1. The highest BCUT2D eigenvalue weighted by Crippen LogP contribution is 2.34. The normalized spacial score (nSPS) is 25.6. The van der Waals surface area contributed by atoms with Gasteiger partial charge in [0.1, 0.15) is 17.4 Å². The number of aliphatic hydroxyl groups is 1. The van der Waals surface area contributed by atoms with Crippen molar-refractivity contribution in [3.8, 4) is 0 Å². The van der Waals surface area contributed by atoms with E-state index in [-0.39, 0.29) is 24.8 Å². The van der Waals surface area contributed by atoms with Gasteiger partial charge in [0, 0.05) is 32.5 Å². The van der Waals surface area contributed by atoms with Crippen LogP contribution in [0.3, 0.4) is 0 Å². The maximum Gasteiger partial charge on any atom is 0.326 e. The lowest BCUT2D eigenvalue weighted by molar-refractivity contribution is -0.163. The Balaban J connectivity index is 1.27. The number of ether oxygens (including phenoxy) is 2. The number of allylic oxidation sites excluding steroid dienone is 4. The number of Topliss-reactive ketones (excluding diaryl/α,β-unsaturated/α-hetero) is 2. The van der Waals surface area contributed by atoms with Crippen LogP contribution in [0, 0.1) is 11.8 Å². The van der Waals surface area contributed by atoms with Crippen LogP contribution in [0.1, 0.15) is 150 Å². The van der Waals surface area contributed by atoms with Gasteiger partial charge in [0.2, 0.25) is 0 Å². The third-order valence-corrected chi connectivity index (χ3v) is 11.5. The van der Waals surface area contributed by atoms with Crippen LogP contribution in [0.25, 0.3) is 0 Å². The summed E-state index contributed by atoms with van der Waals surface area (Å²) in [5.74, 6) is -2.73. The van der Waals surface area contributed by atoms with E-state index in [2.05, 4.69) is 26.0 Å². The highest BCUT2D eigenvalue weighted by Gasteiger charge is 2.45. The molecule has 2 aliphatic carbocycles. The van der Waals surface area contributed by atoms with Crippen molar-refractivity contribution in [3.05, 3.63) is 23.3 Å². The molecule has 0 aromatic heterocycles. The zero-order valence-electron chi connectivity index (χ0n) is 32.2. The van der Waals surface area contributed by atoms with Crippen LogP contribution < -0.4 is 5.73 Å². The molecule has 10 heteroatoms. The van der Waals surface area contributed by atoms with Gasteiger partial charge in [-0.3, -0.25) is 14.4 Å². The maximum atomic E-state index is 13.1. The van der Waals surface area contributed by atoms with Crippen molar-refractivity contribution < 1.29 is 38.9 Å². The summed E-state index contributed by atoms with van der Waals surface area (Å²) in [7, 11) is 1.61. The molecule has 0 radical (unpaired) electrons. The number of unbranched alkanes of at least 4 members (excludes halogenated alkanes) is 3. The van der Waals surface area contributed by atoms with Gasteiger partial charge in [-0.2, -0.15) is 0 Å². The molecule has 1 saturated heterocycles. The van der Waals surface area contributed by atoms with Crippen LogP contribution in [0.15, 0.2) is 23.3 Å². The van der Waals surface area contributed by atoms with Crippen LogP contribution in [0.2, 0.25) is 0 Å². The van der Waals surface area contributed by atoms with Crippen molar-refractivity contribution in [1.82, 2.24) is 4.90 Å². The summed E-state index contributed by atoms with van der Waals surface area (Å²) in [5, 5.41) is 20.6. The number of hydrogen-bond acceptors (Lipinski definition) is 8. The highest BCUT2D eigenvalue weighted by atomic mass is 16.5. The van der Waals surface area contributed by atoms with Gasteiger partial charge in [-0.1, -0.05) is 43.1 Å². The molecule has 3 fully saturated rings. The van der Waals surface area contributed by atoms with Gasteiger partial charge in [-0.25, -0.2) is 4.79 Å². The third kappa shape index (κ3) is 14.5. The van der Waals surface area contributed by atoms with Gasteiger partial charge < -0.3 is 30.3 Å². The van der Waals surface area contributed by atoms with E-state index in [0.717, 1.165) is 75.5 Å². The summed E-state index contributed by atoms with van der Waals surface area (Å²) in [5.41, 5.74) is 7.02. The minimum atomic E-state index is -1.93. The number of carboxylic acids is 1. The number of methoxy groups -OCH3 is 1. The first-order chi connectivity index (χ1) is 24.2. The Morgan fingerprint density at radius 1 is 0.941 bits per heavy atom. The molecule has 7 atom stereocenters. The van der Waals surface area contributed by atoms with Gasteiger partial charge in [-0.05, 0) is 129 Å². The predicted octanol–water partition coefficient (Wildman–Crippen LogP) is 6.85. The number of rotatable bonds is 23. The van der Waals surface area contributed by atoms with Gasteiger partial charge in [0.15, 0.2) is 0 Å². The van der Waals surface area contributed by atoms with Crippen LogP contribution in [0.4, 0.5) is 0 Å². The summed E-state index contributed by atoms with van der Waals surface area (Å²) in [6, 6.07) is -0.865. The third-order valence-electron chi connectivity index (χ3n) is 11.5. The van der Waals surface area contributed by atoms with E-state index in [4.69, 9.17) is 15.2 Å². The number of aliphatic carboxylic acids is 1. The molecular formula is C41H68N2O8. The molecule has 2 saturated carbocycles. The largest absolute Gasteiger partial charge is 0.480 e. The van der Waals surface area contributed by atoms with E-state index in [0.29, 0.717) is 56.3 Å². The number of nitrogens with two attached hydrogens (primary N) is 1. The molecule has 0 spiro atoms. The topological polar surface area (TPSA) is 156 Å². The van der Waals surface area contributed by atoms with Crippen LogP contribution in [0.5, 0.6) is 0 Å². The Hall–Kier alpha value is -2.40. The van der Waals surface area contributed by atoms with Crippen molar-refractivity contribution in [2.24, 2.45) is 17.6 Å². The van der Waals surface area contributed by atoms with E-state index < -0.39 is 35.2 Å². The lowest BCUT2D eigenvalue weighted by Crippen LogP contribution is -2.56. The fourth-order valence-corrected chi connectivity index (χ4v) is 7.56. The zero-order valence-corrected chi connectivity index (χ0v) is 32.2. The second kappa shape index (κ2) is 21.3. The number of ketones is 2. The fourth-order valence-electron chi connectivity index (χ4n) is 7.56. The Morgan fingerprint density at radius 2 is 1.63 bits per heavy atom. The summed E-state index contributed by atoms with van der Waals surface area (Å²) in [4.78, 5) is 51.3. The molecule has 10 nitrogen and oxygen atoms in total. The summed E-state index contributed by atoms with van der Waals surface area (Å²) in [6.45, 7) is 7.57. The van der Waals surface area contributed by atoms with Gasteiger partial charge >= 0.3 is 5.97 Å². The molecule has 51 heavy (non-hydrogen) atoms. The number of carbonyl (C=O) groups is 4.